The van der Waals surface area contributed by atoms with E-state index >= 15 is 0 Å². The summed E-state index contributed by atoms with van der Waals surface area (Å²) in [6.07, 6.45) is 26.1. The molecular weight excluding hydrogens is 1040 g/mol. The average Bonchev–Trinajstić information content (AvgIpc) is 4.18. The number of benzene rings is 1. The molecule has 1 aromatic carbocycles. The van der Waals surface area contributed by atoms with Gasteiger partial charge in [0.05, 0.1) is 0 Å². The molecule has 13 fully saturated rings. The van der Waals surface area contributed by atoms with Crippen molar-refractivity contribution in [2.24, 2.45) is 0 Å². The van der Waals surface area contributed by atoms with E-state index in [1.165, 1.54) is 12.1 Å². The number of ether oxygens (including phenoxy) is 1. The molecule has 0 aromatic heterocycles. The normalized spacial score (nSPS) is 43.3. The maximum atomic E-state index is 13.8. The van der Waals surface area contributed by atoms with Crippen LogP contribution in [-0.4, -0.2) is 70.4 Å². The third-order valence-corrected chi connectivity index (χ3v) is 58.3. The zero-order chi connectivity index (χ0) is 47.3. The molecule has 6 saturated heterocycles. The molecule has 13 nitrogen and oxygen atoms in total. The molecule has 6 heterocycles. The second kappa shape index (κ2) is 19.1. The van der Waals surface area contributed by atoms with Gasteiger partial charge < -0.3 is 54.1 Å². The van der Waals surface area contributed by atoms with Gasteiger partial charge in [0.2, 0.25) is 0 Å². The van der Waals surface area contributed by atoms with Gasteiger partial charge in [-0.25, -0.2) is 0 Å². The second-order valence-corrected chi connectivity index (χ2v) is 49.0. The van der Waals surface area contributed by atoms with Gasteiger partial charge in [0.15, 0.2) is 0 Å². The quantitative estimate of drug-likeness (QED) is 0.138. The van der Waals surface area contributed by atoms with Crippen LogP contribution in [0.3, 0.4) is 0 Å². The van der Waals surface area contributed by atoms with Crippen LogP contribution < -0.4 is 4.74 Å². The summed E-state index contributed by atoms with van der Waals surface area (Å²) in [4.78, 5) is 0. The van der Waals surface area contributed by atoms with E-state index in [2.05, 4.69) is 0 Å². The van der Waals surface area contributed by atoms with Gasteiger partial charge in [0.1, 0.15) is 5.75 Å². The molecule has 70 heavy (non-hydrogen) atoms. The Morgan fingerprint density at radius 2 is 0.614 bits per heavy atom. The molecular formula is C46H73F3O13Si8. The minimum absolute atomic E-state index is 0.00147. The van der Waals surface area contributed by atoms with Crippen LogP contribution in [0.25, 0.3) is 0 Å². The standard InChI is InChI=1S/C46H73F3O13Si8/c47-45(48)46(49)50-37-33-31-36(32-34-37)16-15-35-63-51-64(38-17-1-2-18-38)54-67(41-23-7-8-24-41)56-65(52-63,39-19-3-4-20-39)58-69(43-27-11-12-28-43)59-66(53-63,40-21-5-6-22-40)57-68(55-64,42-25-9-10-26-42)61-70(60-67,62-69)44-29-13-14-30-44/h31-34,38-44H,1-30,35H2. The molecule has 7 saturated carbocycles. The highest BCUT2D eigenvalue weighted by atomic mass is 28.6. The van der Waals surface area contributed by atoms with Crippen molar-refractivity contribution in [3.05, 3.63) is 41.9 Å². The van der Waals surface area contributed by atoms with E-state index in [9.17, 15) is 13.2 Å². The number of rotatable bonds is 13. The summed E-state index contributed by atoms with van der Waals surface area (Å²) < 4.78 is 146. The van der Waals surface area contributed by atoms with Gasteiger partial charge in [-0.15, -0.1) is 0 Å². The predicted octanol–water partition coefficient (Wildman–Crippen LogP) is 13.4. The first-order valence-corrected chi connectivity index (χ1v) is 42.4. The van der Waals surface area contributed by atoms with Crippen molar-refractivity contribution in [1.82, 2.24) is 0 Å². The Morgan fingerprint density at radius 1 is 0.371 bits per heavy atom. The molecule has 388 valence electrons. The van der Waals surface area contributed by atoms with Crippen LogP contribution in [0, 0.1) is 0 Å². The molecule has 6 aliphatic heterocycles. The van der Waals surface area contributed by atoms with Crippen molar-refractivity contribution in [3.63, 3.8) is 0 Å². The van der Waals surface area contributed by atoms with E-state index in [1.54, 1.807) is 12.1 Å². The maximum Gasteiger partial charge on any atom is 0.482 e. The van der Waals surface area contributed by atoms with E-state index in [1.807, 2.05) is 0 Å². The number of halogens is 3. The van der Waals surface area contributed by atoms with Gasteiger partial charge >= 0.3 is 82.5 Å². The van der Waals surface area contributed by atoms with Crippen LogP contribution in [0.4, 0.5) is 13.2 Å². The number of hydrogen-bond acceptors (Lipinski definition) is 13. The highest BCUT2D eigenvalue weighted by molar-refractivity contribution is 7.04. The Bertz CT molecular complexity index is 1910. The fraction of sp³-hybridized carbons (Fsp3) is 0.826. The zero-order valence-corrected chi connectivity index (χ0v) is 48.7. The molecule has 0 atom stereocenters. The first-order chi connectivity index (χ1) is 34.0. The largest absolute Gasteiger partial charge is 0.482 e. The van der Waals surface area contributed by atoms with Gasteiger partial charge in [-0.3, -0.25) is 0 Å². The van der Waals surface area contributed by atoms with E-state index in [0.29, 0.717) is 18.9 Å². The number of aryl methyl sites for hydroxylation is 1. The lowest BCUT2D eigenvalue weighted by Gasteiger charge is -2.66. The molecule has 13 aliphatic rings. The fourth-order valence-electron chi connectivity index (χ4n) is 15.2. The smallest absolute Gasteiger partial charge is 0.428 e. The lowest BCUT2D eigenvalue weighted by Crippen LogP contribution is -2.90. The molecule has 0 spiro atoms. The molecule has 8 bridgehead atoms. The van der Waals surface area contributed by atoms with Gasteiger partial charge in [-0.05, 0) is 120 Å². The Kier molecular flexibility index (Phi) is 13.5. The van der Waals surface area contributed by atoms with Crippen LogP contribution in [0.5, 0.6) is 5.75 Å². The SMILES string of the molecule is FC(F)=C(F)Oc1ccc(CCC[Si]23O[Si]4(C5CCCC5)O[Si]5(C6CCCC6)O[Si](C6CCCC6)(O2)O[Si]2(C6CCCC6)O[Si](C6CCCC6)(O3)O[Si](C3CCCC3)(O4)O[Si](C3CCCC3)(O5)O2)cc1. The highest BCUT2D eigenvalue weighted by Crippen LogP contribution is 2.66. The molecule has 0 unspecified atom stereocenters. The highest BCUT2D eigenvalue weighted by Gasteiger charge is 2.88. The van der Waals surface area contributed by atoms with Crippen molar-refractivity contribution in [3.8, 4) is 5.75 Å². The summed E-state index contributed by atoms with van der Waals surface area (Å²) in [5.74, 6) is -0.00147. The minimum Gasteiger partial charge on any atom is -0.428 e. The first kappa shape index (κ1) is 49.4. The van der Waals surface area contributed by atoms with E-state index in [0.717, 1.165) is 185 Å². The molecule has 1 aromatic rings. The summed E-state index contributed by atoms with van der Waals surface area (Å²) in [5.41, 5.74) is 0.756. The van der Waals surface area contributed by atoms with E-state index < -0.39 is 82.5 Å². The first-order valence-electron chi connectivity index (χ1n) is 27.9. The molecule has 0 N–H and O–H groups in total. The maximum absolute atomic E-state index is 13.8. The van der Waals surface area contributed by atoms with Crippen LogP contribution in [0.1, 0.15) is 192 Å². The monoisotopic (exact) mass is 1110 g/mol. The lowest BCUT2D eigenvalue weighted by atomic mass is 10.1. The molecule has 24 heteroatoms. The predicted molar refractivity (Wildman–Crippen MR) is 265 cm³/mol. The Morgan fingerprint density at radius 3 is 0.857 bits per heavy atom. The van der Waals surface area contributed by atoms with Crippen molar-refractivity contribution >= 4 is 70.4 Å². The molecule has 0 amide bonds. The van der Waals surface area contributed by atoms with Gasteiger partial charge in [-0.1, -0.05) is 102 Å². The fourth-order valence-corrected chi connectivity index (χ4v) is 71.3. The summed E-state index contributed by atoms with van der Waals surface area (Å²) >= 11 is 0. The zero-order valence-electron chi connectivity index (χ0n) is 40.7. The molecule has 14 rings (SSSR count). The van der Waals surface area contributed by atoms with E-state index in [4.69, 9.17) is 54.1 Å². The second-order valence-electron chi connectivity index (χ2n) is 23.1. The summed E-state index contributed by atoms with van der Waals surface area (Å²) in [5, 5.41) is 0. The van der Waals surface area contributed by atoms with Crippen LogP contribution in [0.15, 0.2) is 36.4 Å². The Hall–Kier alpha value is -0.195. The summed E-state index contributed by atoms with van der Waals surface area (Å²) in [6, 6.07) is 5.16. The molecule has 7 aliphatic carbocycles. The summed E-state index contributed by atoms with van der Waals surface area (Å²) in [6.45, 7) is 0. The van der Waals surface area contributed by atoms with Crippen LogP contribution >= 0.6 is 0 Å². The third kappa shape index (κ3) is 8.58. The Labute approximate surface area is 420 Å². The summed E-state index contributed by atoms with van der Waals surface area (Å²) in [7, 11) is -32.4. The van der Waals surface area contributed by atoms with Crippen LogP contribution in [0.2, 0.25) is 44.8 Å². The van der Waals surface area contributed by atoms with Gasteiger partial charge in [-0.2, -0.15) is 13.2 Å². The Balaban J connectivity index is 1.04. The minimum atomic E-state index is -4.15. The van der Waals surface area contributed by atoms with Crippen LogP contribution in [-0.2, 0) is 55.8 Å². The van der Waals surface area contributed by atoms with Crippen molar-refractivity contribution in [1.29, 1.82) is 0 Å². The lowest BCUT2D eigenvalue weighted by molar-refractivity contribution is -0.0458. The van der Waals surface area contributed by atoms with Crippen molar-refractivity contribution in [2.75, 3.05) is 0 Å². The average molecular weight is 1120 g/mol. The van der Waals surface area contributed by atoms with Gasteiger partial charge in [0.25, 0.3) is 0 Å². The number of hydrogen-bond donors (Lipinski definition) is 0. The molecule has 0 radical (unpaired) electrons. The van der Waals surface area contributed by atoms with E-state index in [-0.39, 0.29) is 44.5 Å². The third-order valence-electron chi connectivity index (χ3n) is 18.7. The van der Waals surface area contributed by atoms with Gasteiger partial charge in [0, 0.05) is 44.8 Å². The van der Waals surface area contributed by atoms with Crippen molar-refractivity contribution in [2.45, 2.75) is 237 Å². The topological polar surface area (TPSA) is 120 Å². The van der Waals surface area contributed by atoms with Crippen molar-refractivity contribution < 1.29 is 67.3 Å².